The molecule has 2 rings (SSSR count). The molecule has 0 atom stereocenters. The minimum atomic E-state index is -0.346. The molecule has 0 aliphatic heterocycles. The van der Waals surface area contributed by atoms with Crippen LogP contribution in [0.3, 0.4) is 0 Å². The summed E-state index contributed by atoms with van der Waals surface area (Å²) >= 11 is 0. The third-order valence-electron chi connectivity index (χ3n) is 3.21. The largest absolute Gasteiger partial charge is 0.462 e. The second-order valence-electron chi connectivity index (χ2n) is 4.99. The number of esters is 1. The third-order valence-corrected chi connectivity index (χ3v) is 3.21. The van der Waals surface area contributed by atoms with Crippen molar-refractivity contribution in [3.8, 4) is 0 Å². The van der Waals surface area contributed by atoms with Crippen molar-refractivity contribution in [2.75, 3.05) is 6.61 Å². The smallest absolute Gasteiger partial charge is 0.338 e. The van der Waals surface area contributed by atoms with E-state index in [-0.39, 0.29) is 12.0 Å². The van der Waals surface area contributed by atoms with E-state index in [9.17, 15) is 9.59 Å². The number of hydrogen-bond donors (Lipinski definition) is 2. The van der Waals surface area contributed by atoms with Gasteiger partial charge in [-0.15, -0.1) is 0 Å². The van der Waals surface area contributed by atoms with Gasteiger partial charge in [0.1, 0.15) is 0 Å². The average molecular weight is 324 g/mol. The van der Waals surface area contributed by atoms with Crippen molar-refractivity contribution in [3.63, 3.8) is 0 Å². The van der Waals surface area contributed by atoms with Gasteiger partial charge in [-0.2, -0.15) is 0 Å². The van der Waals surface area contributed by atoms with E-state index in [1.807, 2.05) is 36.4 Å². The zero-order valence-electron chi connectivity index (χ0n) is 13.5. The molecule has 24 heavy (non-hydrogen) atoms. The van der Waals surface area contributed by atoms with Crippen molar-refractivity contribution in [2.24, 2.45) is 0 Å². The normalized spacial score (nSPS) is 10.4. The summed E-state index contributed by atoms with van der Waals surface area (Å²) in [5, 5.41) is 5.38. The monoisotopic (exact) mass is 324 g/mol. The highest BCUT2D eigenvalue weighted by atomic mass is 16.5. The quantitative estimate of drug-likeness (QED) is 0.801. The highest BCUT2D eigenvalue weighted by molar-refractivity contribution is 5.89. The van der Waals surface area contributed by atoms with E-state index in [4.69, 9.17) is 4.74 Å². The van der Waals surface area contributed by atoms with Crippen molar-refractivity contribution in [1.82, 2.24) is 10.6 Å². The number of ether oxygens (including phenoxy) is 1. The zero-order chi connectivity index (χ0) is 17.2. The standard InChI is InChI=1S/C19H20N2O3/c1-2-24-18(22)17-10-8-16(9-11-17)14-21-19(23)20-13-12-15-6-4-3-5-7-15/h3-13H,2,14H2,1H3,(H2,20,21,23)/b13-12+. The molecule has 0 saturated carbocycles. The summed E-state index contributed by atoms with van der Waals surface area (Å²) in [4.78, 5) is 23.3. The van der Waals surface area contributed by atoms with Crippen molar-refractivity contribution >= 4 is 18.1 Å². The second-order valence-corrected chi connectivity index (χ2v) is 4.99. The molecular formula is C19H20N2O3. The van der Waals surface area contributed by atoms with Gasteiger partial charge in [-0.05, 0) is 36.3 Å². The van der Waals surface area contributed by atoms with Crippen LogP contribution < -0.4 is 10.6 Å². The molecule has 2 N–H and O–H groups in total. The van der Waals surface area contributed by atoms with E-state index in [0.717, 1.165) is 11.1 Å². The molecule has 2 aromatic rings. The molecule has 0 fully saturated rings. The Morgan fingerprint density at radius 3 is 2.42 bits per heavy atom. The molecule has 0 bridgehead atoms. The fraction of sp³-hybridized carbons (Fsp3) is 0.158. The number of amides is 2. The van der Waals surface area contributed by atoms with Crippen LogP contribution in [0.15, 0.2) is 60.8 Å². The van der Waals surface area contributed by atoms with Gasteiger partial charge in [0, 0.05) is 12.7 Å². The van der Waals surface area contributed by atoms with E-state index >= 15 is 0 Å². The lowest BCUT2D eigenvalue weighted by Gasteiger charge is -2.06. The molecular weight excluding hydrogens is 304 g/mol. The summed E-state index contributed by atoms with van der Waals surface area (Å²) in [7, 11) is 0. The summed E-state index contributed by atoms with van der Waals surface area (Å²) in [6.07, 6.45) is 3.40. The first-order valence-corrected chi connectivity index (χ1v) is 7.71. The predicted octanol–water partition coefficient (Wildman–Crippen LogP) is 3.33. The lowest BCUT2D eigenvalue weighted by molar-refractivity contribution is 0.0526. The number of carbonyl (C=O) groups is 2. The Kier molecular flexibility index (Phi) is 6.58. The van der Waals surface area contributed by atoms with Crippen LogP contribution in [-0.4, -0.2) is 18.6 Å². The Balaban J connectivity index is 1.77. The fourth-order valence-electron chi connectivity index (χ4n) is 1.98. The SMILES string of the molecule is CCOC(=O)c1ccc(CNC(=O)N/C=C/c2ccccc2)cc1. The first-order chi connectivity index (χ1) is 11.7. The Hall–Kier alpha value is -3.08. The van der Waals surface area contributed by atoms with Crippen LogP contribution in [0.5, 0.6) is 0 Å². The number of rotatable bonds is 6. The lowest BCUT2D eigenvalue weighted by atomic mass is 10.1. The average Bonchev–Trinajstić information content (AvgIpc) is 2.61. The second kappa shape index (κ2) is 9.15. The summed E-state index contributed by atoms with van der Waals surface area (Å²) in [6.45, 7) is 2.48. The lowest BCUT2D eigenvalue weighted by Crippen LogP contribution is -2.31. The van der Waals surface area contributed by atoms with Gasteiger partial charge in [-0.3, -0.25) is 0 Å². The molecule has 0 aliphatic carbocycles. The van der Waals surface area contributed by atoms with E-state index in [0.29, 0.717) is 18.7 Å². The Morgan fingerprint density at radius 1 is 1.04 bits per heavy atom. The molecule has 2 aromatic carbocycles. The number of nitrogens with one attached hydrogen (secondary N) is 2. The molecule has 0 radical (unpaired) electrons. The van der Waals surface area contributed by atoms with Gasteiger partial charge in [0.2, 0.25) is 0 Å². The molecule has 0 aromatic heterocycles. The molecule has 0 aliphatic rings. The maximum Gasteiger partial charge on any atom is 0.338 e. The Labute approximate surface area is 141 Å². The first kappa shape index (κ1) is 17.3. The van der Waals surface area contributed by atoms with Crippen LogP contribution in [0.1, 0.15) is 28.4 Å². The fourth-order valence-corrected chi connectivity index (χ4v) is 1.98. The van der Waals surface area contributed by atoms with Gasteiger partial charge in [-0.25, -0.2) is 9.59 Å². The van der Waals surface area contributed by atoms with Gasteiger partial charge in [-0.1, -0.05) is 42.5 Å². The predicted molar refractivity (Wildman–Crippen MR) is 93.2 cm³/mol. The van der Waals surface area contributed by atoms with E-state index in [2.05, 4.69) is 10.6 Å². The third kappa shape index (κ3) is 5.61. The highest BCUT2D eigenvalue weighted by Crippen LogP contribution is 2.06. The van der Waals surface area contributed by atoms with Gasteiger partial charge in [0.05, 0.1) is 12.2 Å². The van der Waals surface area contributed by atoms with Crippen molar-refractivity contribution < 1.29 is 14.3 Å². The molecule has 0 spiro atoms. The topological polar surface area (TPSA) is 67.4 Å². The van der Waals surface area contributed by atoms with Crippen LogP contribution in [-0.2, 0) is 11.3 Å². The van der Waals surface area contributed by atoms with Crippen molar-refractivity contribution in [1.29, 1.82) is 0 Å². The Morgan fingerprint density at radius 2 is 1.75 bits per heavy atom. The first-order valence-electron chi connectivity index (χ1n) is 7.71. The summed E-state index contributed by atoms with van der Waals surface area (Å²) in [5.41, 5.74) is 2.40. The number of benzene rings is 2. The minimum Gasteiger partial charge on any atom is -0.462 e. The van der Waals surface area contributed by atoms with Crippen LogP contribution in [0, 0.1) is 0 Å². The minimum absolute atomic E-state index is 0.295. The molecule has 0 unspecified atom stereocenters. The molecule has 124 valence electrons. The number of hydrogen-bond acceptors (Lipinski definition) is 3. The molecule has 5 heteroatoms. The maximum absolute atomic E-state index is 11.7. The van der Waals surface area contributed by atoms with Crippen molar-refractivity contribution in [3.05, 3.63) is 77.5 Å². The summed E-state index contributed by atoms with van der Waals surface area (Å²) < 4.78 is 4.92. The van der Waals surface area contributed by atoms with Crippen LogP contribution >= 0.6 is 0 Å². The van der Waals surface area contributed by atoms with E-state index in [1.165, 1.54) is 0 Å². The molecule has 0 saturated heterocycles. The Bertz CT molecular complexity index is 694. The van der Waals surface area contributed by atoms with Crippen molar-refractivity contribution in [2.45, 2.75) is 13.5 Å². The van der Waals surface area contributed by atoms with Gasteiger partial charge in [0.25, 0.3) is 0 Å². The summed E-state index contributed by atoms with van der Waals surface area (Å²) in [5.74, 6) is -0.346. The van der Waals surface area contributed by atoms with Crippen LogP contribution in [0.4, 0.5) is 4.79 Å². The van der Waals surface area contributed by atoms with Gasteiger partial charge >= 0.3 is 12.0 Å². The zero-order valence-corrected chi connectivity index (χ0v) is 13.5. The van der Waals surface area contributed by atoms with Crippen LogP contribution in [0.25, 0.3) is 6.08 Å². The van der Waals surface area contributed by atoms with E-state index < -0.39 is 0 Å². The number of carbonyl (C=O) groups excluding carboxylic acids is 2. The maximum atomic E-state index is 11.7. The summed E-state index contributed by atoms with van der Waals surface area (Å²) in [6, 6.07) is 16.3. The van der Waals surface area contributed by atoms with Crippen LogP contribution in [0.2, 0.25) is 0 Å². The highest BCUT2D eigenvalue weighted by Gasteiger charge is 2.05. The molecule has 2 amide bonds. The van der Waals surface area contributed by atoms with Gasteiger partial charge in [0.15, 0.2) is 0 Å². The molecule has 0 heterocycles. The van der Waals surface area contributed by atoms with Gasteiger partial charge < -0.3 is 15.4 Å². The number of urea groups is 1. The van der Waals surface area contributed by atoms with E-state index in [1.54, 1.807) is 37.4 Å². The molecule has 5 nitrogen and oxygen atoms in total.